The molecule has 192 valence electrons. The van der Waals surface area contributed by atoms with Crippen LogP contribution < -0.4 is 0 Å². The Kier molecular flexibility index (Phi) is 7.78. The molecule has 6 nitrogen and oxygen atoms in total. The van der Waals surface area contributed by atoms with Gasteiger partial charge in [0.15, 0.2) is 0 Å². The van der Waals surface area contributed by atoms with E-state index in [-0.39, 0.29) is 35.0 Å². The Morgan fingerprint density at radius 3 is 2.41 bits per heavy atom. The molecule has 0 aromatic rings. The molecular formula is C28H45NO5. The Balaban J connectivity index is 1.58. The second-order valence-electron chi connectivity index (χ2n) is 11.8. The van der Waals surface area contributed by atoms with E-state index in [1.165, 1.54) is 12.5 Å². The molecule has 1 saturated heterocycles. The third kappa shape index (κ3) is 5.09. The van der Waals surface area contributed by atoms with Gasteiger partial charge in [-0.1, -0.05) is 26.0 Å². The molecule has 0 radical (unpaired) electrons. The largest absolute Gasteiger partial charge is 0.463 e. The predicted octanol–water partition coefficient (Wildman–Crippen LogP) is 4.76. The summed E-state index contributed by atoms with van der Waals surface area (Å²) >= 11 is 0. The van der Waals surface area contributed by atoms with Crippen molar-refractivity contribution in [2.24, 2.45) is 28.6 Å². The number of hydrogen-bond donors (Lipinski definition) is 0. The van der Waals surface area contributed by atoms with Crippen molar-refractivity contribution in [3.05, 3.63) is 12.2 Å². The molecule has 4 fully saturated rings. The van der Waals surface area contributed by atoms with Crippen molar-refractivity contribution in [1.29, 1.82) is 0 Å². The first kappa shape index (κ1) is 25.7. The van der Waals surface area contributed by atoms with Gasteiger partial charge in [0.2, 0.25) is 0 Å². The average molecular weight is 476 g/mol. The second-order valence-corrected chi connectivity index (χ2v) is 11.8. The van der Waals surface area contributed by atoms with E-state index in [0.29, 0.717) is 17.8 Å². The van der Waals surface area contributed by atoms with E-state index in [1.807, 2.05) is 0 Å². The summed E-state index contributed by atoms with van der Waals surface area (Å²) in [5.41, 5.74) is 1.46. The van der Waals surface area contributed by atoms with Crippen LogP contribution in [0.2, 0.25) is 0 Å². The molecular weight excluding hydrogens is 430 g/mol. The molecule has 4 rings (SSSR count). The van der Waals surface area contributed by atoms with Gasteiger partial charge in [0.25, 0.3) is 0 Å². The normalized spacial score (nSPS) is 41.1. The van der Waals surface area contributed by atoms with Gasteiger partial charge in [-0.05, 0) is 74.7 Å². The first-order valence-corrected chi connectivity index (χ1v) is 13.5. The Bertz CT molecular complexity index is 777. The van der Waals surface area contributed by atoms with Crippen LogP contribution in [0.25, 0.3) is 0 Å². The summed E-state index contributed by atoms with van der Waals surface area (Å²) in [5.74, 6) is 0.749. The molecule has 0 N–H and O–H groups in total. The quantitative estimate of drug-likeness (QED) is 0.408. The van der Waals surface area contributed by atoms with Crippen molar-refractivity contribution >= 4 is 11.9 Å². The Morgan fingerprint density at radius 1 is 1.03 bits per heavy atom. The molecule has 3 aliphatic carbocycles. The lowest BCUT2D eigenvalue weighted by Crippen LogP contribution is -2.54. The molecule has 0 bridgehead atoms. The number of carbonyl (C=O) groups excluding carboxylic acids is 2. The summed E-state index contributed by atoms with van der Waals surface area (Å²) in [6.45, 7) is 16.9. The molecule has 0 aromatic heterocycles. The Hall–Kier alpha value is -1.40. The van der Waals surface area contributed by atoms with Gasteiger partial charge < -0.3 is 14.2 Å². The second kappa shape index (κ2) is 10.3. The van der Waals surface area contributed by atoms with Gasteiger partial charge in [-0.3, -0.25) is 14.5 Å². The lowest BCUT2D eigenvalue weighted by Gasteiger charge is -2.56. The third-order valence-electron chi connectivity index (χ3n) is 10.0. The Labute approximate surface area is 205 Å². The number of nitrogens with zero attached hydrogens (tertiary/aromatic N) is 1. The summed E-state index contributed by atoms with van der Waals surface area (Å²) < 4.78 is 17.4. The van der Waals surface area contributed by atoms with Gasteiger partial charge >= 0.3 is 11.9 Å². The molecule has 7 atom stereocenters. The summed E-state index contributed by atoms with van der Waals surface area (Å²) in [4.78, 5) is 26.5. The molecule has 3 saturated carbocycles. The van der Waals surface area contributed by atoms with Crippen LogP contribution in [-0.2, 0) is 23.8 Å². The zero-order valence-electron chi connectivity index (χ0n) is 21.8. The minimum absolute atomic E-state index is 0.00689. The SMILES string of the molecule is C=C1CCC2C(OC(C)=O)C(C3(C)CCC(OC(C)=O)CC3CCN3CCOCC3)CCC12C. The highest BCUT2D eigenvalue weighted by Crippen LogP contribution is 2.62. The van der Waals surface area contributed by atoms with Crippen LogP contribution in [-0.4, -0.2) is 61.9 Å². The number of allylic oxidation sites excluding steroid dienone is 1. The van der Waals surface area contributed by atoms with Crippen molar-refractivity contribution in [3.63, 3.8) is 0 Å². The van der Waals surface area contributed by atoms with Crippen molar-refractivity contribution in [2.45, 2.75) is 91.3 Å². The molecule has 1 aliphatic heterocycles. The molecule has 1 heterocycles. The van der Waals surface area contributed by atoms with E-state index in [0.717, 1.165) is 84.2 Å². The van der Waals surface area contributed by atoms with Crippen molar-refractivity contribution < 1.29 is 23.8 Å². The van der Waals surface area contributed by atoms with E-state index in [2.05, 4.69) is 25.3 Å². The monoisotopic (exact) mass is 475 g/mol. The highest BCUT2D eigenvalue weighted by atomic mass is 16.5. The number of ether oxygens (including phenoxy) is 3. The fourth-order valence-corrected chi connectivity index (χ4v) is 7.87. The molecule has 6 heteroatoms. The van der Waals surface area contributed by atoms with Gasteiger partial charge in [0.05, 0.1) is 13.2 Å². The maximum absolute atomic E-state index is 12.3. The molecule has 7 unspecified atom stereocenters. The lowest BCUT2D eigenvalue weighted by molar-refractivity contribution is -0.177. The first-order valence-electron chi connectivity index (χ1n) is 13.5. The van der Waals surface area contributed by atoms with Gasteiger partial charge in [-0.15, -0.1) is 0 Å². The van der Waals surface area contributed by atoms with Gasteiger partial charge in [-0.2, -0.15) is 0 Å². The fraction of sp³-hybridized carbons (Fsp3) is 0.857. The zero-order chi connectivity index (χ0) is 24.5. The summed E-state index contributed by atoms with van der Waals surface area (Å²) in [7, 11) is 0. The van der Waals surface area contributed by atoms with Gasteiger partial charge in [0, 0.05) is 38.8 Å². The van der Waals surface area contributed by atoms with E-state index >= 15 is 0 Å². The number of hydrogen-bond acceptors (Lipinski definition) is 6. The number of fused-ring (bicyclic) bond motifs is 1. The third-order valence-corrected chi connectivity index (χ3v) is 10.0. The number of rotatable bonds is 6. The van der Waals surface area contributed by atoms with Crippen LogP contribution in [0.1, 0.15) is 79.1 Å². The van der Waals surface area contributed by atoms with E-state index in [4.69, 9.17) is 14.2 Å². The standard InChI is InChI=1S/C28H45NO5/c1-19-6-7-24-26(34-21(3)31)25(9-12-27(19,24)4)28(5)11-8-23(33-20(2)30)18-22(28)10-13-29-14-16-32-17-15-29/h22-26H,1,6-18H2,2-5H3. The van der Waals surface area contributed by atoms with Crippen LogP contribution >= 0.6 is 0 Å². The number of morpholine rings is 1. The summed E-state index contributed by atoms with van der Waals surface area (Å²) in [6.07, 6.45) is 8.10. The van der Waals surface area contributed by atoms with E-state index < -0.39 is 0 Å². The predicted molar refractivity (Wildman–Crippen MR) is 131 cm³/mol. The molecule has 0 aromatic carbocycles. The van der Waals surface area contributed by atoms with Crippen molar-refractivity contribution in [3.8, 4) is 0 Å². The van der Waals surface area contributed by atoms with Crippen LogP contribution in [0.5, 0.6) is 0 Å². The van der Waals surface area contributed by atoms with E-state index in [9.17, 15) is 9.59 Å². The molecule has 0 amide bonds. The minimum atomic E-state index is -0.184. The lowest BCUT2D eigenvalue weighted by atomic mass is 9.51. The van der Waals surface area contributed by atoms with Crippen molar-refractivity contribution in [2.75, 3.05) is 32.8 Å². The maximum atomic E-state index is 12.3. The summed E-state index contributed by atoms with van der Waals surface area (Å²) in [5, 5.41) is 0. The van der Waals surface area contributed by atoms with E-state index in [1.54, 1.807) is 6.92 Å². The Morgan fingerprint density at radius 2 is 1.74 bits per heavy atom. The zero-order valence-corrected chi connectivity index (χ0v) is 21.8. The van der Waals surface area contributed by atoms with Gasteiger partial charge in [-0.25, -0.2) is 0 Å². The summed E-state index contributed by atoms with van der Waals surface area (Å²) in [6, 6.07) is 0. The topological polar surface area (TPSA) is 65.1 Å². The van der Waals surface area contributed by atoms with Crippen molar-refractivity contribution in [1.82, 2.24) is 4.90 Å². The minimum Gasteiger partial charge on any atom is -0.463 e. The van der Waals surface area contributed by atoms with Crippen LogP contribution in [0, 0.1) is 28.6 Å². The molecule has 34 heavy (non-hydrogen) atoms. The molecule has 0 spiro atoms. The highest BCUT2D eigenvalue weighted by Gasteiger charge is 2.58. The average Bonchev–Trinajstić information content (AvgIpc) is 3.09. The van der Waals surface area contributed by atoms with Gasteiger partial charge in [0.1, 0.15) is 12.2 Å². The van der Waals surface area contributed by atoms with Crippen LogP contribution in [0.3, 0.4) is 0 Å². The highest BCUT2D eigenvalue weighted by molar-refractivity contribution is 5.66. The number of carbonyl (C=O) groups is 2. The maximum Gasteiger partial charge on any atom is 0.302 e. The molecule has 4 aliphatic rings. The smallest absolute Gasteiger partial charge is 0.302 e. The number of esters is 2. The van der Waals surface area contributed by atoms with Crippen LogP contribution in [0.15, 0.2) is 12.2 Å². The fourth-order valence-electron chi connectivity index (χ4n) is 7.87. The first-order chi connectivity index (χ1) is 16.1. The van der Waals surface area contributed by atoms with Crippen LogP contribution in [0.4, 0.5) is 0 Å².